The van der Waals surface area contributed by atoms with Crippen LogP contribution in [-0.2, 0) is 4.74 Å². The largest absolute Gasteiger partial charge is 0.497 e. The molecule has 0 saturated carbocycles. The first-order valence-corrected chi connectivity index (χ1v) is 7.38. The minimum atomic E-state index is -0.406. The highest BCUT2D eigenvalue weighted by atomic mass is 16.5. The Morgan fingerprint density at radius 1 is 0.750 bits per heavy atom. The van der Waals surface area contributed by atoms with E-state index in [9.17, 15) is 4.79 Å². The van der Waals surface area contributed by atoms with Crippen molar-refractivity contribution < 1.29 is 23.7 Å². The van der Waals surface area contributed by atoms with Crippen molar-refractivity contribution in [1.29, 1.82) is 0 Å². The van der Waals surface area contributed by atoms with Crippen LogP contribution >= 0.6 is 0 Å². The number of esters is 1. The maximum atomic E-state index is 12.3. The first kappa shape index (κ1) is 15.9. The van der Waals surface area contributed by atoms with Crippen molar-refractivity contribution in [3.8, 4) is 17.2 Å². The van der Waals surface area contributed by atoms with Crippen LogP contribution < -0.4 is 14.2 Å². The van der Waals surface area contributed by atoms with Crippen molar-refractivity contribution in [2.24, 2.45) is 0 Å². The van der Waals surface area contributed by atoms with Crippen LogP contribution in [0.1, 0.15) is 10.4 Å². The second kappa shape index (κ2) is 6.28. The molecule has 0 aliphatic carbocycles. The maximum absolute atomic E-state index is 12.3. The summed E-state index contributed by atoms with van der Waals surface area (Å²) >= 11 is 0. The SMILES string of the molecule is COC(=O)c1cc2c(OC)c(OC)ccc2c2cc(OC)ccc12. The predicted octanol–water partition coefficient (Wildman–Crippen LogP) is 3.81. The second-order valence-corrected chi connectivity index (χ2v) is 5.22. The van der Waals surface area contributed by atoms with Gasteiger partial charge in [0.05, 0.1) is 34.0 Å². The number of carbonyl (C=O) groups excluding carboxylic acids is 1. The topological polar surface area (TPSA) is 54.0 Å². The Morgan fingerprint density at radius 2 is 1.50 bits per heavy atom. The van der Waals surface area contributed by atoms with Gasteiger partial charge in [0, 0.05) is 5.39 Å². The Bertz CT molecular complexity index is 930. The quantitative estimate of drug-likeness (QED) is 0.539. The summed E-state index contributed by atoms with van der Waals surface area (Å²) in [4.78, 5) is 12.3. The van der Waals surface area contributed by atoms with E-state index in [1.807, 2.05) is 30.3 Å². The summed E-state index contributed by atoms with van der Waals surface area (Å²) in [5.41, 5.74) is 0.467. The summed E-state index contributed by atoms with van der Waals surface area (Å²) < 4.78 is 21.1. The minimum absolute atomic E-state index is 0.406. The third-order valence-electron chi connectivity index (χ3n) is 4.09. The van der Waals surface area contributed by atoms with Crippen molar-refractivity contribution >= 4 is 27.5 Å². The molecule has 0 aromatic heterocycles. The number of carbonyl (C=O) groups is 1. The smallest absolute Gasteiger partial charge is 0.338 e. The van der Waals surface area contributed by atoms with Crippen LogP contribution in [0.2, 0.25) is 0 Å². The molecule has 0 fully saturated rings. The zero-order valence-electron chi connectivity index (χ0n) is 14.0. The van der Waals surface area contributed by atoms with Crippen LogP contribution in [0.5, 0.6) is 17.2 Å². The Morgan fingerprint density at radius 3 is 2.12 bits per heavy atom. The van der Waals surface area contributed by atoms with E-state index in [2.05, 4.69) is 0 Å². The van der Waals surface area contributed by atoms with Gasteiger partial charge in [0.15, 0.2) is 11.5 Å². The number of hydrogen-bond donors (Lipinski definition) is 0. The van der Waals surface area contributed by atoms with E-state index < -0.39 is 5.97 Å². The van der Waals surface area contributed by atoms with Gasteiger partial charge in [0.1, 0.15) is 5.75 Å². The van der Waals surface area contributed by atoms with Gasteiger partial charge in [-0.1, -0.05) is 0 Å². The predicted molar refractivity (Wildman–Crippen MR) is 92.4 cm³/mol. The average Bonchev–Trinajstić information content (AvgIpc) is 2.64. The third kappa shape index (κ3) is 2.38. The fraction of sp³-hybridized carbons (Fsp3) is 0.211. The summed E-state index contributed by atoms with van der Waals surface area (Å²) in [5.74, 6) is 1.48. The normalized spacial score (nSPS) is 10.7. The molecule has 0 N–H and O–H groups in total. The minimum Gasteiger partial charge on any atom is -0.497 e. The molecular formula is C19H18O5. The summed E-state index contributed by atoms with van der Waals surface area (Å²) in [5, 5.41) is 3.39. The highest BCUT2D eigenvalue weighted by Crippen LogP contribution is 2.40. The van der Waals surface area contributed by atoms with Gasteiger partial charge < -0.3 is 18.9 Å². The molecule has 0 saturated heterocycles. The molecule has 0 unspecified atom stereocenters. The number of ether oxygens (including phenoxy) is 4. The lowest BCUT2D eigenvalue weighted by molar-refractivity contribution is 0.0603. The van der Waals surface area contributed by atoms with Crippen LogP contribution in [0, 0.1) is 0 Å². The van der Waals surface area contributed by atoms with Crippen molar-refractivity contribution in [1.82, 2.24) is 0 Å². The van der Waals surface area contributed by atoms with Crippen LogP contribution in [0.3, 0.4) is 0 Å². The maximum Gasteiger partial charge on any atom is 0.338 e. The van der Waals surface area contributed by atoms with Gasteiger partial charge in [-0.2, -0.15) is 0 Å². The Balaban J connectivity index is 2.51. The Labute approximate surface area is 139 Å². The van der Waals surface area contributed by atoms with Gasteiger partial charge in [0.2, 0.25) is 0 Å². The number of methoxy groups -OCH3 is 4. The summed E-state index contributed by atoms with van der Waals surface area (Å²) in [7, 11) is 6.13. The van der Waals surface area contributed by atoms with E-state index >= 15 is 0 Å². The molecule has 0 heterocycles. The highest BCUT2D eigenvalue weighted by molar-refractivity contribution is 6.17. The van der Waals surface area contributed by atoms with Gasteiger partial charge in [0.25, 0.3) is 0 Å². The van der Waals surface area contributed by atoms with E-state index in [0.29, 0.717) is 22.8 Å². The van der Waals surface area contributed by atoms with E-state index in [1.54, 1.807) is 27.4 Å². The molecular weight excluding hydrogens is 308 g/mol. The molecule has 0 amide bonds. The molecule has 5 heteroatoms. The number of hydrogen-bond acceptors (Lipinski definition) is 5. The lowest BCUT2D eigenvalue weighted by Crippen LogP contribution is -2.03. The Hall–Kier alpha value is -2.95. The van der Waals surface area contributed by atoms with Crippen LogP contribution in [0.25, 0.3) is 21.5 Å². The van der Waals surface area contributed by atoms with E-state index in [0.717, 1.165) is 21.5 Å². The molecule has 0 spiro atoms. The van der Waals surface area contributed by atoms with Gasteiger partial charge in [-0.05, 0) is 52.6 Å². The molecule has 0 bridgehead atoms. The summed E-state index contributed by atoms with van der Waals surface area (Å²) in [6.07, 6.45) is 0. The van der Waals surface area contributed by atoms with Crippen LogP contribution in [0.15, 0.2) is 36.4 Å². The van der Waals surface area contributed by atoms with Crippen molar-refractivity contribution in [3.05, 3.63) is 42.0 Å². The molecule has 0 atom stereocenters. The Kier molecular flexibility index (Phi) is 4.16. The average molecular weight is 326 g/mol. The third-order valence-corrected chi connectivity index (χ3v) is 4.09. The fourth-order valence-corrected chi connectivity index (χ4v) is 2.94. The zero-order valence-corrected chi connectivity index (χ0v) is 14.0. The molecule has 0 aliphatic heterocycles. The highest BCUT2D eigenvalue weighted by Gasteiger charge is 2.18. The zero-order chi connectivity index (χ0) is 17.3. The van der Waals surface area contributed by atoms with E-state index in [4.69, 9.17) is 18.9 Å². The van der Waals surface area contributed by atoms with Crippen LogP contribution in [-0.4, -0.2) is 34.4 Å². The summed E-state index contributed by atoms with van der Waals surface area (Å²) in [6.45, 7) is 0. The van der Waals surface area contributed by atoms with Crippen molar-refractivity contribution in [3.63, 3.8) is 0 Å². The number of benzene rings is 3. The standard InChI is InChI=1S/C19H18O5/c1-21-11-5-6-13-14(9-11)12-7-8-17(22-2)18(23-3)15(12)10-16(13)19(20)24-4/h5-10H,1-4H3. The first-order valence-electron chi connectivity index (χ1n) is 7.38. The number of fused-ring (bicyclic) bond motifs is 3. The van der Waals surface area contributed by atoms with Crippen LogP contribution in [0.4, 0.5) is 0 Å². The van der Waals surface area contributed by atoms with Gasteiger partial charge in [-0.3, -0.25) is 0 Å². The van der Waals surface area contributed by atoms with E-state index in [-0.39, 0.29) is 0 Å². The van der Waals surface area contributed by atoms with Gasteiger partial charge in [-0.15, -0.1) is 0 Å². The molecule has 3 aromatic carbocycles. The summed E-state index contributed by atoms with van der Waals surface area (Å²) in [6, 6.07) is 11.1. The molecule has 24 heavy (non-hydrogen) atoms. The monoisotopic (exact) mass is 326 g/mol. The van der Waals surface area contributed by atoms with Gasteiger partial charge >= 0.3 is 5.97 Å². The van der Waals surface area contributed by atoms with Gasteiger partial charge in [-0.25, -0.2) is 4.79 Å². The van der Waals surface area contributed by atoms with Crippen molar-refractivity contribution in [2.75, 3.05) is 28.4 Å². The molecule has 0 aliphatic rings. The first-order chi connectivity index (χ1) is 11.6. The van der Waals surface area contributed by atoms with E-state index in [1.165, 1.54) is 7.11 Å². The van der Waals surface area contributed by atoms with Crippen molar-refractivity contribution in [2.45, 2.75) is 0 Å². The molecule has 3 aromatic rings. The second-order valence-electron chi connectivity index (χ2n) is 5.22. The molecule has 3 rings (SSSR count). The lowest BCUT2D eigenvalue weighted by atomic mass is 9.96. The number of rotatable bonds is 4. The lowest BCUT2D eigenvalue weighted by Gasteiger charge is -2.15. The molecule has 124 valence electrons. The molecule has 0 radical (unpaired) electrons. The molecule has 5 nitrogen and oxygen atoms in total. The fourth-order valence-electron chi connectivity index (χ4n) is 2.94.